The number of halogens is 1. The minimum absolute atomic E-state index is 0.0162. The van der Waals surface area contributed by atoms with Gasteiger partial charge < -0.3 is 5.11 Å². The Morgan fingerprint density at radius 3 is 2.83 bits per heavy atom. The zero-order chi connectivity index (χ0) is 9.14. The maximum absolute atomic E-state index is 12.7. The third-order valence-corrected chi connectivity index (χ3v) is 1.16. The third kappa shape index (κ3) is 1.37. The van der Waals surface area contributed by atoms with Crippen LogP contribution < -0.4 is 0 Å². The fraction of sp³-hybridized carbons (Fsp3) is 0. The minimum Gasteiger partial charge on any atom is -0.476 e. The van der Waals surface area contributed by atoms with Crippen molar-refractivity contribution in [2.75, 3.05) is 0 Å². The van der Waals surface area contributed by atoms with Crippen molar-refractivity contribution in [3.63, 3.8) is 0 Å². The first-order valence-corrected chi connectivity index (χ1v) is 2.91. The lowest BCUT2D eigenvalue weighted by atomic mass is 10.3. The molecule has 0 saturated heterocycles. The van der Waals surface area contributed by atoms with Crippen molar-refractivity contribution < 1.29 is 14.3 Å². The molecule has 0 atom stereocenters. The number of carboxylic acid groups (broad SMARTS) is 1. The van der Waals surface area contributed by atoms with E-state index in [1.807, 2.05) is 0 Å². The van der Waals surface area contributed by atoms with Crippen molar-refractivity contribution in [2.24, 2.45) is 0 Å². The maximum atomic E-state index is 12.7. The summed E-state index contributed by atoms with van der Waals surface area (Å²) in [5.74, 6) is -2.43. The predicted octanol–water partition coefficient (Wildman–Crippen LogP) is 1.47. The molecule has 0 aliphatic carbocycles. The lowest BCUT2D eigenvalue weighted by Crippen LogP contribution is -2.02. The van der Waals surface area contributed by atoms with E-state index in [-0.39, 0.29) is 5.69 Å². The first-order chi connectivity index (χ1) is 5.65. The van der Waals surface area contributed by atoms with Crippen LogP contribution in [0.3, 0.4) is 0 Å². The highest BCUT2D eigenvalue weighted by Gasteiger charge is 2.11. The fourth-order valence-corrected chi connectivity index (χ4v) is 0.646. The number of nitrogens with zero attached hydrogens (tertiary/aromatic N) is 2. The zero-order valence-corrected chi connectivity index (χ0v) is 5.78. The van der Waals surface area contributed by atoms with Gasteiger partial charge in [-0.15, -0.1) is 0 Å². The molecule has 4 nitrogen and oxygen atoms in total. The Morgan fingerprint density at radius 1 is 1.75 bits per heavy atom. The predicted molar refractivity (Wildman–Crippen MR) is 37.4 cm³/mol. The number of carbonyl (C=O) groups is 1. The van der Waals surface area contributed by atoms with E-state index in [9.17, 15) is 9.18 Å². The van der Waals surface area contributed by atoms with Gasteiger partial charge >= 0.3 is 5.97 Å². The zero-order valence-electron chi connectivity index (χ0n) is 5.78. The normalized spacial score (nSPS) is 9.00. The minimum atomic E-state index is -1.44. The number of pyridine rings is 1. The van der Waals surface area contributed by atoms with Gasteiger partial charge in [-0.1, -0.05) is 0 Å². The van der Waals surface area contributed by atoms with Gasteiger partial charge in [0.05, 0.1) is 6.57 Å². The maximum Gasteiger partial charge on any atom is 0.357 e. The van der Waals surface area contributed by atoms with Gasteiger partial charge in [-0.05, 0) is 6.07 Å². The van der Waals surface area contributed by atoms with Crippen LogP contribution in [0.5, 0.6) is 0 Å². The molecule has 0 aliphatic rings. The van der Waals surface area contributed by atoms with Gasteiger partial charge in [0.15, 0.2) is 5.69 Å². The van der Waals surface area contributed by atoms with Gasteiger partial charge in [-0.2, -0.15) is 0 Å². The lowest BCUT2D eigenvalue weighted by molar-refractivity contribution is 0.0685. The Bertz CT molecular complexity index is 370. The van der Waals surface area contributed by atoms with E-state index in [0.29, 0.717) is 0 Å². The number of aromatic nitrogens is 1. The summed E-state index contributed by atoms with van der Waals surface area (Å²) in [6.07, 6.45) is 1.01. The highest BCUT2D eigenvalue weighted by atomic mass is 19.1. The van der Waals surface area contributed by atoms with Crippen LogP contribution in [0.1, 0.15) is 10.5 Å². The topological polar surface area (TPSA) is 54.5 Å². The molecule has 0 fully saturated rings. The van der Waals surface area contributed by atoms with Gasteiger partial charge in [0, 0.05) is 6.20 Å². The summed E-state index contributed by atoms with van der Waals surface area (Å²) in [5.41, 5.74) is -0.681. The van der Waals surface area contributed by atoms with Crippen molar-refractivity contribution >= 4 is 11.7 Å². The molecule has 60 valence electrons. The Kier molecular flexibility index (Phi) is 2.01. The smallest absolute Gasteiger partial charge is 0.357 e. The lowest BCUT2D eigenvalue weighted by Gasteiger charge is -1.94. The molecule has 1 heterocycles. The first-order valence-electron chi connectivity index (χ1n) is 2.91. The average molecular weight is 166 g/mol. The summed E-state index contributed by atoms with van der Waals surface area (Å²) in [6.45, 7) is 6.49. The molecule has 12 heavy (non-hydrogen) atoms. The summed E-state index contributed by atoms with van der Waals surface area (Å²) in [4.78, 5) is 16.4. The Morgan fingerprint density at radius 2 is 2.42 bits per heavy atom. The number of carboxylic acids is 1. The summed E-state index contributed by atoms with van der Waals surface area (Å²) in [5, 5.41) is 8.35. The largest absolute Gasteiger partial charge is 0.476 e. The molecule has 0 unspecified atom stereocenters. The quantitative estimate of drug-likeness (QED) is 0.642. The van der Waals surface area contributed by atoms with E-state index < -0.39 is 17.5 Å². The van der Waals surface area contributed by atoms with Gasteiger partial charge in [0.1, 0.15) is 5.82 Å². The monoisotopic (exact) mass is 166 g/mol. The van der Waals surface area contributed by atoms with Crippen molar-refractivity contribution in [3.8, 4) is 0 Å². The molecule has 1 rings (SSSR count). The summed E-state index contributed by atoms with van der Waals surface area (Å²) in [7, 11) is 0. The van der Waals surface area contributed by atoms with E-state index in [1.165, 1.54) is 0 Å². The van der Waals surface area contributed by atoms with Crippen molar-refractivity contribution in [1.29, 1.82) is 0 Å². The Labute approximate surface area is 67.1 Å². The molecule has 0 aliphatic heterocycles. The number of hydrogen-bond donors (Lipinski definition) is 1. The highest BCUT2D eigenvalue weighted by molar-refractivity contribution is 5.85. The van der Waals surface area contributed by atoms with Crippen molar-refractivity contribution in [2.45, 2.75) is 0 Å². The van der Waals surface area contributed by atoms with Gasteiger partial charge in [-0.3, -0.25) is 4.98 Å². The molecule has 1 N–H and O–H groups in total. The number of hydrogen-bond acceptors (Lipinski definition) is 2. The van der Waals surface area contributed by atoms with Crippen molar-refractivity contribution in [1.82, 2.24) is 4.98 Å². The van der Waals surface area contributed by atoms with E-state index in [2.05, 4.69) is 9.83 Å². The molecule has 0 radical (unpaired) electrons. The first kappa shape index (κ1) is 8.14. The van der Waals surface area contributed by atoms with Crippen LogP contribution in [0.25, 0.3) is 4.85 Å². The molecule has 0 spiro atoms. The number of aromatic carboxylic acids is 1. The fourth-order valence-electron chi connectivity index (χ4n) is 0.646. The molecule has 1 aromatic rings. The molecule has 0 amide bonds. The SMILES string of the molecule is [C-]#[N+]c1cnc(C(=O)O)c(F)c1. The second-order valence-electron chi connectivity index (χ2n) is 1.94. The summed E-state index contributed by atoms with van der Waals surface area (Å²) in [6, 6.07) is 0.837. The summed E-state index contributed by atoms with van der Waals surface area (Å²) >= 11 is 0. The number of rotatable bonds is 1. The van der Waals surface area contributed by atoms with Crippen LogP contribution in [-0.4, -0.2) is 16.1 Å². The van der Waals surface area contributed by atoms with E-state index >= 15 is 0 Å². The molecule has 5 heteroatoms. The standard InChI is InChI=1S/C7H3FN2O2/c1-9-4-2-5(8)6(7(11)12)10-3-4/h2-3H,(H,11,12). The van der Waals surface area contributed by atoms with Crippen LogP contribution in [0.2, 0.25) is 0 Å². The average Bonchev–Trinajstić information content (AvgIpc) is 2.03. The molecular formula is C7H3FN2O2. The van der Waals surface area contributed by atoms with Crippen LogP contribution >= 0.6 is 0 Å². The van der Waals surface area contributed by atoms with Crippen molar-refractivity contribution in [3.05, 3.63) is 35.2 Å². The van der Waals surface area contributed by atoms with Gasteiger partial charge in [-0.25, -0.2) is 14.0 Å². The molecule has 0 saturated carbocycles. The highest BCUT2D eigenvalue weighted by Crippen LogP contribution is 2.13. The van der Waals surface area contributed by atoms with Crippen LogP contribution in [-0.2, 0) is 0 Å². The van der Waals surface area contributed by atoms with Gasteiger partial charge in [0.2, 0.25) is 5.69 Å². The molecule has 1 aromatic heterocycles. The van der Waals surface area contributed by atoms with Crippen LogP contribution in [0.4, 0.5) is 10.1 Å². The second-order valence-corrected chi connectivity index (χ2v) is 1.94. The van der Waals surface area contributed by atoms with Gasteiger partial charge in [0.25, 0.3) is 0 Å². The summed E-state index contributed by atoms with van der Waals surface area (Å²) < 4.78 is 12.7. The molecule has 0 bridgehead atoms. The third-order valence-electron chi connectivity index (χ3n) is 1.16. The Hall–Kier alpha value is -1.96. The van der Waals surface area contributed by atoms with E-state index in [4.69, 9.17) is 11.7 Å². The van der Waals surface area contributed by atoms with Crippen LogP contribution in [0, 0.1) is 12.4 Å². The van der Waals surface area contributed by atoms with Crippen LogP contribution in [0.15, 0.2) is 12.3 Å². The van der Waals surface area contributed by atoms with E-state index in [0.717, 1.165) is 12.3 Å². The molecule has 0 aromatic carbocycles. The molecular weight excluding hydrogens is 163 g/mol. The van der Waals surface area contributed by atoms with E-state index in [1.54, 1.807) is 0 Å². The Balaban J connectivity index is 3.23. The second kappa shape index (κ2) is 2.96.